The molecule has 6 nitrogen and oxygen atoms in total. The van der Waals surface area contributed by atoms with Gasteiger partial charge in [-0.05, 0) is 36.8 Å². The van der Waals surface area contributed by atoms with Crippen LogP contribution in [0, 0.1) is 6.92 Å². The molecule has 29 heavy (non-hydrogen) atoms. The number of halogens is 1. The van der Waals surface area contributed by atoms with Gasteiger partial charge in [-0.3, -0.25) is 4.99 Å². The van der Waals surface area contributed by atoms with Crippen LogP contribution in [0.1, 0.15) is 24.0 Å². The van der Waals surface area contributed by atoms with Crippen molar-refractivity contribution in [3.8, 4) is 0 Å². The van der Waals surface area contributed by atoms with Crippen LogP contribution in [0.25, 0.3) is 0 Å². The number of benzene rings is 1. The number of hydrogen-bond donors (Lipinski definition) is 2. The summed E-state index contributed by atoms with van der Waals surface area (Å²) < 4.78 is 27.7. The van der Waals surface area contributed by atoms with Crippen molar-refractivity contribution in [2.45, 2.75) is 36.1 Å². The van der Waals surface area contributed by atoms with Crippen LogP contribution in [0.5, 0.6) is 0 Å². The Morgan fingerprint density at radius 1 is 1.21 bits per heavy atom. The van der Waals surface area contributed by atoms with Gasteiger partial charge in [0.25, 0.3) is 10.0 Å². The van der Waals surface area contributed by atoms with Crippen molar-refractivity contribution in [2.24, 2.45) is 4.99 Å². The molecule has 0 radical (unpaired) electrons. The van der Waals surface area contributed by atoms with Gasteiger partial charge in [0.1, 0.15) is 10.0 Å². The van der Waals surface area contributed by atoms with Crippen molar-refractivity contribution >= 4 is 39.6 Å². The zero-order valence-corrected chi connectivity index (χ0v) is 18.9. The first-order valence-electron chi connectivity index (χ1n) is 9.63. The highest BCUT2D eigenvalue weighted by Gasteiger charge is 2.43. The maximum absolute atomic E-state index is 12.8. The van der Waals surface area contributed by atoms with Crippen LogP contribution in [0.4, 0.5) is 0 Å². The van der Waals surface area contributed by atoms with Gasteiger partial charge in [0.15, 0.2) is 0 Å². The second-order valence-corrected chi connectivity index (χ2v) is 10.5. The summed E-state index contributed by atoms with van der Waals surface area (Å²) in [5, 5.41) is 8.95. The Labute approximate surface area is 182 Å². The fraction of sp³-hybridized carbons (Fsp3) is 0.450. The molecule has 0 aliphatic carbocycles. The number of hydrogen-bond acceptors (Lipinski definition) is 6. The standard InChI is InChI=1S/C20H26N4O2S2.ClH/c1-16-4-6-17(7-5-16)15-22-19-20(23-11-10-21-19)8-12-24(13-9-20)28(25,26)18-3-2-14-27-18;/h2-7,14,23H,8-13,15H2,1H3,(H,21,22);1H. The highest BCUT2D eigenvalue weighted by Crippen LogP contribution is 2.30. The van der Waals surface area contributed by atoms with Gasteiger partial charge in [0.2, 0.25) is 0 Å². The molecule has 2 aromatic rings. The summed E-state index contributed by atoms with van der Waals surface area (Å²) in [6.45, 7) is 5.37. The van der Waals surface area contributed by atoms with E-state index in [1.807, 2.05) is 0 Å². The van der Waals surface area contributed by atoms with Crippen LogP contribution < -0.4 is 10.6 Å². The summed E-state index contributed by atoms with van der Waals surface area (Å²) in [5.41, 5.74) is 2.20. The number of piperidine rings is 1. The summed E-state index contributed by atoms with van der Waals surface area (Å²) in [6, 6.07) is 11.9. The molecule has 0 saturated carbocycles. The van der Waals surface area contributed by atoms with Crippen molar-refractivity contribution < 1.29 is 8.42 Å². The van der Waals surface area contributed by atoms with E-state index in [2.05, 4.69) is 41.8 Å². The van der Waals surface area contributed by atoms with Gasteiger partial charge in [-0.15, -0.1) is 23.7 Å². The number of nitrogens with one attached hydrogen (secondary N) is 2. The van der Waals surface area contributed by atoms with Gasteiger partial charge in [-0.1, -0.05) is 35.9 Å². The van der Waals surface area contributed by atoms with Crippen molar-refractivity contribution in [3.05, 3.63) is 52.9 Å². The monoisotopic (exact) mass is 454 g/mol. The van der Waals surface area contributed by atoms with Crippen LogP contribution >= 0.6 is 23.7 Å². The number of amidine groups is 1. The maximum Gasteiger partial charge on any atom is 0.252 e. The lowest BCUT2D eigenvalue weighted by Crippen LogP contribution is -2.64. The zero-order chi connectivity index (χ0) is 19.6. The van der Waals surface area contributed by atoms with Crippen molar-refractivity contribution in [1.29, 1.82) is 0 Å². The molecule has 3 heterocycles. The first kappa shape index (κ1) is 22.2. The smallest absolute Gasteiger partial charge is 0.252 e. The number of nitrogens with zero attached hydrogens (tertiary/aromatic N) is 2. The molecule has 0 atom stereocenters. The lowest BCUT2D eigenvalue weighted by molar-refractivity contribution is 0.241. The first-order valence-corrected chi connectivity index (χ1v) is 11.9. The number of rotatable bonds is 4. The van der Waals surface area contributed by atoms with Crippen LogP contribution in [0.15, 0.2) is 51.0 Å². The molecule has 1 aromatic heterocycles. The number of aliphatic imine (C=N–C) groups is 1. The van der Waals surface area contributed by atoms with E-state index in [0.29, 0.717) is 17.3 Å². The second-order valence-electron chi connectivity index (χ2n) is 7.41. The van der Waals surface area contributed by atoms with E-state index in [0.717, 1.165) is 38.3 Å². The Kier molecular flexibility index (Phi) is 7.01. The number of sulfonamides is 1. The van der Waals surface area contributed by atoms with Crippen LogP contribution in [-0.4, -0.2) is 50.3 Å². The van der Waals surface area contributed by atoms with E-state index >= 15 is 0 Å². The van der Waals surface area contributed by atoms with Crippen molar-refractivity contribution in [2.75, 3.05) is 26.2 Å². The second kappa shape index (κ2) is 9.14. The molecule has 2 aliphatic rings. The normalized spacial score (nSPS) is 19.4. The van der Waals surface area contributed by atoms with E-state index in [4.69, 9.17) is 4.99 Å². The van der Waals surface area contributed by atoms with Gasteiger partial charge in [-0.25, -0.2) is 8.42 Å². The van der Waals surface area contributed by atoms with Crippen LogP contribution in [0.2, 0.25) is 0 Å². The van der Waals surface area contributed by atoms with E-state index < -0.39 is 10.0 Å². The zero-order valence-electron chi connectivity index (χ0n) is 16.4. The summed E-state index contributed by atoms with van der Waals surface area (Å²) >= 11 is 1.28. The molecular formula is C20H27ClN4O2S2. The molecule has 1 fully saturated rings. The third kappa shape index (κ3) is 4.67. The van der Waals surface area contributed by atoms with E-state index in [1.54, 1.807) is 21.8 Å². The molecule has 2 aliphatic heterocycles. The van der Waals surface area contributed by atoms with Gasteiger partial charge in [0.05, 0.1) is 12.1 Å². The Morgan fingerprint density at radius 2 is 1.93 bits per heavy atom. The van der Waals surface area contributed by atoms with E-state index in [-0.39, 0.29) is 17.9 Å². The van der Waals surface area contributed by atoms with Gasteiger partial charge < -0.3 is 10.6 Å². The average Bonchev–Trinajstić information content (AvgIpc) is 3.25. The largest absolute Gasteiger partial charge is 0.368 e. The minimum Gasteiger partial charge on any atom is -0.368 e. The Balaban J connectivity index is 0.00000240. The van der Waals surface area contributed by atoms with Crippen LogP contribution in [0.3, 0.4) is 0 Å². The van der Waals surface area contributed by atoms with Crippen molar-refractivity contribution in [1.82, 2.24) is 14.9 Å². The highest BCUT2D eigenvalue weighted by molar-refractivity contribution is 7.91. The number of aryl methyl sites for hydroxylation is 1. The average molecular weight is 455 g/mol. The molecule has 0 bridgehead atoms. The SMILES string of the molecule is Cc1ccc(CNC2=NCCNC23CCN(S(=O)(=O)c2cccs2)CC3)cc1.Cl. The third-order valence-corrected chi connectivity index (χ3v) is 8.82. The van der Waals surface area contributed by atoms with Crippen molar-refractivity contribution in [3.63, 3.8) is 0 Å². The molecule has 1 aromatic carbocycles. The fourth-order valence-electron chi connectivity index (χ4n) is 3.87. The third-order valence-electron chi connectivity index (χ3n) is 5.54. The maximum atomic E-state index is 12.8. The quantitative estimate of drug-likeness (QED) is 0.745. The molecule has 0 unspecified atom stereocenters. The fourth-order valence-corrected chi connectivity index (χ4v) is 6.46. The molecule has 1 saturated heterocycles. The Morgan fingerprint density at radius 3 is 2.59 bits per heavy atom. The number of thiophene rings is 1. The van der Waals surface area contributed by atoms with E-state index in [9.17, 15) is 8.42 Å². The molecule has 158 valence electrons. The minimum absolute atomic E-state index is 0. The molecule has 1 spiro atoms. The molecular weight excluding hydrogens is 428 g/mol. The Bertz CT molecular complexity index is 935. The minimum atomic E-state index is -3.39. The molecule has 0 amide bonds. The highest BCUT2D eigenvalue weighted by atomic mass is 35.5. The van der Waals surface area contributed by atoms with Gasteiger partial charge in [-0.2, -0.15) is 4.31 Å². The Hall–Kier alpha value is -1.45. The lowest BCUT2D eigenvalue weighted by atomic mass is 9.85. The van der Waals surface area contributed by atoms with E-state index in [1.165, 1.54) is 22.5 Å². The molecule has 9 heteroatoms. The summed E-state index contributed by atoms with van der Waals surface area (Å²) in [5.74, 6) is 0.965. The van der Waals surface area contributed by atoms with Gasteiger partial charge in [0, 0.05) is 26.2 Å². The lowest BCUT2D eigenvalue weighted by Gasteiger charge is -2.44. The summed E-state index contributed by atoms with van der Waals surface area (Å²) in [4.78, 5) is 4.75. The van der Waals surface area contributed by atoms with Gasteiger partial charge >= 0.3 is 0 Å². The molecule has 2 N–H and O–H groups in total. The molecule has 4 rings (SSSR count). The predicted molar refractivity (Wildman–Crippen MR) is 121 cm³/mol. The summed E-state index contributed by atoms with van der Waals surface area (Å²) in [6.07, 6.45) is 1.44. The predicted octanol–water partition coefficient (Wildman–Crippen LogP) is 2.79. The summed E-state index contributed by atoms with van der Waals surface area (Å²) in [7, 11) is -3.39. The first-order chi connectivity index (χ1) is 13.5. The van der Waals surface area contributed by atoms with Crippen LogP contribution in [-0.2, 0) is 16.6 Å². The topological polar surface area (TPSA) is 73.8 Å².